The van der Waals surface area contributed by atoms with Crippen molar-refractivity contribution in [2.24, 2.45) is 4.99 Å². The predicted octanol–water partition coefficient (Wildman–Crippen LogP) is 2.37. The summed E-state index contributed by atoms with van der Waals surface area (Å²) >= 11 is 1.62. The van der Waals surface area contributed by atoms with Crippen molar-refractivity contribution < 1.29 is 4.52 Å². The second-order valence-corrected chi connectivity index (χ2v) is 6.35. The molecule has 3 aromatic rings. The average molecular weight is 332 g/mol. The minimum Gasteiger partial charge on any atom is -0.359 e. The van der Waals surface area contributed by atoms with E-state index in [9.17, 15) is 0 Å². The molecule has 0 aromatic carbocycles. The first-order chi connectivity index (χ1) is 11.2. The lowest BCUT2D eigenvalue weighted by molar-refractivity contribution is 0.372. The van der Waals surface area contributed by atoms with Crippen molar-refractivity contribution in [3.05, 3.63) is 41.0 Å². The van der Waals surface area contributed by atoms with Crippen LogP contribution in [0.15, 0.2) is 33.4 Å². The molecule has 23 heavy (non-hydrogen) atoms. The number of guanidine groups is 1. The SMILES string of the molecule is CN=C(NCc1cn2ccsc2n1)NCc1cc(C(C)C)no1. The quantitative estimate of drug-likeness (QED) is 0.554. The number of nitrogens with zero attached hydrogens (tertiary/aromatic N) is 4. The summed E-state index contributed by atoms with van der Waals surface area (Å²) in [6.07, 6.45) is 4.01. The van der Waals surface area contributed by atoms with Crippen LogP contribution in [0.4, 0.5) is 0 Å². The number of aromatic nitrogens is 3. The Labute approximate surface area is 138 Å². The van der Waals surface area contributed by atoms with Gasteiger partial charge < -0.3 is 15.2 Å². The predicted molar refractivity (Wildman–Crippen MR) is 90.7 cm³/mol. The van der Waals surface area contributed by atoms with E-state index in [4.69, 9.17) is 4.52 Å². The van der Waals surface area contributed by atoms with E-state index in [0.29, 0.717) is 25.0 Å². The zero-order valence-corrected chi connectivity index (χ0v) is 14.2. The Morgan fingerprint density at radius 2 is 2.22 bits per heavy atom. The van der Waals surface area contributed by atoms with Crippen LogP contribution in [0, 0.1) is 0 Å². The Kier molecular flexibility index (Phi) is 4.61. The van der Waals surface area contributed by atoms with E-state index >= 15 is 0 Å². The number of hydrogen-bond acceptors (Lipinski definition) is 5. The second-order valence-electron chi connectivity index (χ2n) is 5.48. The van der Waals surface area contributed by atoms with Crippen LogP contribution in [0.1, 0.15) is 36.9 Å². The maximum atomic E-state index is 5.30. The summed E-state index contributed by atoms with van der Waals surface area (Å²) in [6, 6.07) is 1.97. The molecule has 0 radical (unpaired) electrons. The molecule has 3 heterocycles. The van der Waals surface area contributed by atoms with E-state index in [2.05, 4.69) is 39.6 Å². The number of rotatable bonds is 5. The number of imidazole rings is 1. The van der Waals surface area contributed by atoms with Gasteiger partial charge in [-0.25, -0.2) is 4.98 Å². The van der Waals surface area contributed by atoms with Crippen LogP contribution in [-0.2, 0) is 13.1 Å². The summed E-state index contributed by atoms with van der Waals surface area (Å²) in [5, 5.41) is 12.5. The Morgan fingerprint density at radius 3 is 2.91 bits per heavy atom. The number of aliphatic imine (C=N–C) groups is 1. The third-order valence-corrected chi connectivity index (χ3v) is 4.17. The average Bonchev–Trinajstić information content (AvgIpc) is 3.22. The van der Waals surface area contributed by atoms with Crippen molar-refractivity contribution in [3.8, 4) is 0 Å². The maximum Gasteiger partial charge on any atom is 0.193 e. The van der Waals surface area contributed by atoms with E-state index in [-0.39, 0.29) is 0 Å². The molecule has 0 spiro atoms. The first-order valence-corrected chi connectivity index (χ1v) is 8.34. The lowest BCUT2D eigenvalue weighted by Crippen LogP contribution is -2.36. The summed E-state index contributed by atoms with van der Waals surface area (Å²) in [7, 11) is 1.74. The zero-order chi connectivity index (χ0) is 16.2. The first-order valence-electron chi connectivity index (χ1n) is 7.47. The summed E-state index contributed by atoms with van der Waals surface area (Å²) in [5.74, 6) is 1.85. The molecule has 0 bridgehead atoms. The van der Waals surface area contributed by atoms with Gasteiger partial charge in [0, 0.05) is 30.9 Å². The largest absolute Gasteiger partial charge is 0.359 e. The molecule has 0 aliphatic heterocycles. The van der Waals surface area contributed by atoms with Gasteiger partial charge in [0.15, 0.2) is 16.7 Å². The standard InChI is InChI=1S/C15H20N6OS/c1-10(2)13-6-12(22-20-13)8-18-14(16-3)17-7-11-9-21-4-5-23-15(21)19-11/h4-6,9-10H,7-8H2,1-3H3,(H2,16,17,18). The van der Waals surface area contributed by atoms with Gasteiger partial charge in [0.25, 0.3) is 0 Å². The highest BCUT2D eigenvalue weighted by atomic mass is 32.1. The van der Waals surface area contributed by atoms with Gasteiger partial charge in [-0.05, 0) is 5.92 Å². The molecule has 0 saturated heterocycles. The molecule has 0 aliphatic carbocycles. The third kappa shape index (κ3) is 3.70. The lowest BCUT2D eigenvalue weighted by Gasteiger charge is -2.09. The molecule has 3 rings (SSSR count). The highest BCUT2D eigenvalue weighted by molar-refractivity contribution is 7.15. The van der Waals surface area contributed by atoms with Crippen LogP contribution in [0.2, 0.25) is 0 Å². The van der Waals surface area contributed by atoms with Crippen molar-refractivity contribution in [3.63, 3.8) is 0 Å². The number of hydrogen-bond donors (Lipinski definition) is 2. The molecule has 7 nitrogen and oxygen atoms in total. The van der Waals surface area contributed by atoms with Gasteiger partial charge in [-0.15, -0.1) is 11.3 Å². The minimum atomic E-state index is 0.361. The molecule has 0 atom stereocenters. The van der Waals surface area contributed by atoms with Crippen molar-refractivity contribution in [1.82, 2.24) is 25.2 Å². The van der Waals surface area contributed by atoms with Gasteiger partial charge in [-0.1, -0.05) is 19.0 Å². The van der Waals surface area contributed by atoms with E-state index in [1.165, 1.54) is 0 Å². The Balaban J connectivity index is 1.52. The van der Waals surface area contributed by atoms with Gasteiger partial charge in [-0.2, -0.15) is 0 Å². The van der Waals surface area contributed by atoms with E-state index < -0.39 is 0 Å². The van der Waals surface area contributed by atoms with Gasteiger partial charge in [0.1, 0.15) is 0 Å². The topological polar surface area (TPSA) is 79.8 Å². The van der Waals surface area contributed by atoms with Crippen molar-refractivity contribution in [1.29, 1.82) is 0 Å². The van der Waals surface area contributed by atoms with Crippen LogP contribution in [0.5, 0.6) is 0 Å². The number of thiazole rings is 1. The fourth-order valence-corrected chi connectivity index (χ4v) is 2.83. The van der Waals surface area contributed by atoms with Gasteiger partial charge >= 0.3 is 0 Å². The van der Waals surface area contributed by atoms with Gasteiger partial charge in [0.2, 0.25) is 0 Å². The van der Waals surface area contributed by atoms with Crippen LogP contribution in [0.3, 0.4) is 0 Å². The molecular formula is C15H20N6OS. The van der Waals surface area contributed by atoms with Crippen LogP contribution >= 0.6 is 11.3 Å². The van der Waals surface area contributed by atoms with E-state index in [1.807, 2.05) is 28.2 Å². The van der Waals surface area contributed by atoms with Crippen LogP contribution < -0.4 is 10.6 Å². The molecular weight excluding hydrogens is 312 g/mol. The molecule has 2 N–H and O–H groups in total. The zero-order valence-electron chi connectivity index (χ0n) is 13.4. The summed E-state index contributed by atoms with van der Waals surface area (Å²) in [6.45, 7) is 5.33. The second kappa shape index (κ2) is 6.82. The monoisotopic (exact) mass is 332 g/mol. The van der Waals surface area contributed by atoms with Crippen LogP contribution in [0.25, 0.3) is 4.96 Å². The minimum absolute atomic E-state index is 0.361. The van der Waals surface area contributed by atoms with Crippen LogP contribution in [-0.4, -0.2) is 27.5 Å². The maximum absolute atomic E-state index is 5.30. The Bertz CT molecular complexity index is 771. The molecule has 0 amide bonds. The van der Waals surface area contributed by atoms with E-state index in [0.717, 1.165) is 22.1 Å². The summed E-state index contributed by atoms with van der Waals surface area (Å²) < 4.78 is 7.32. The third-order valence-electron chi connectivity index (χ3n) is 3.40. The fourth-order valence-electron chi connectivity index (χ4n) is 2.11. The summed E-state index contributed by atoms with van der Waals surface area (Å²) in [4.78, 5) is 9.72. The van der Waals surface area contributed by atoms with E-state index in [1.54, 1.807) is 18.4 Å². The number of fused-ring (bicyclic) bond motifs is 1. The molecule has 122 valence electrons. The highest BCUT2D eigenvalue weighted by Crippen LogP contribution is 2.14. The smallest absolute Gasteiger partial charge is 0.193 e. The van der Waals surface area contributed by atoms with Gasteiger partial charge in [-0.3, -0.25) is 9.39 Å². The highest BCUT2D eigenvalue weighted by Gasteiger charge is 2.08. The summed E-state index contributed by atoms with van der Waals surface area (Å²) in [5.41, 5.74) is 1.93. The molecule has 8 heteroatoms. The normalized spacial score (nSPS) is 12.3. The first kappa shape index (κ1) is 15.5. The number of nitrogens with one attached hydrogen (secondary N) is 2. The van der Waals surface area contributed by atoms with Gasteiger partial charge in [0.05, 0.1) is 24.5 Å². The molecule has 0 aliphatic rings. The molecule has 3 aromatic heterocycles. The van der Waals surface area contributed by atoms with Crippen molar-refractivity contribution in [2.45, 2.75) is 32.9 Å². The van der Waals surface area contributed by atoms with Crippen molar-refractivity contribution >= 4 is 22.3 Å². The lowest BCUT2D eigenvalue weighted by atomic mass is 10.1. The molecule has 0 fully saturated rings. The van der Waals surface area contributed by atoms with Crippen molar-refractivity contribution in [2.75, 3.05) is 7.05 Å². The Morgan fingerprint density at radius 1 is 1.39 bits per heavy atom. The fraction of sp³-hybridized carbons (Fsp3) is 0.400. The molecule has 0 unspecified atom stereocenters. The molecule has 0 saturated carbocycles. The Hall–Kier alpha value is -2.35.